The Kier molecular flexibility index (Phi) is 27.5. The maximum absolute atomic E-state index is 12.7. The first-order chi connectivity index (χ1) is 20.4. The van der Waals surface area contributed by atoms with Crippen LogP contribution in [-0.4, -0.2) is 24.2 Å². The molecule has 0 aliphatic rings. The predicted molar refractivity (Wildman–Crippen MR) is 181 cm³/mol. The number of aliphatic carboxylic acids is 1. The molecule has 0 bridgehead atoms. The van der Waals surface area contributed by atoms with Gasteiger partial charge in [-0.1, -0.05) is 127 Å². The number of esters is 1. The Bertz CT molecular complexity index is 763. The fraction of sp³-hybridized carbons (Fsp3) is 0.737. The predicted octanol–water partition coefficient (Wildman–Crippen LogP) is 11.7. The van der Waals surface area contributed by atoms with Crippen molar-refractivity contribution in [3.8, 4) is 0 Å². The molecule has 1 N–H and O–H groups in total. The number of carboxylic acid groups (broad SMARTS) is 1. The van der Waals surface area contributed by atoms with E-state index in [1.807, 2.05) is 0 Å². The van der Waals surface area contributed by atoms with Gasteiger partial charge >= 0.3 is 11.9 Å². The van der Waals surface area contributed by atoms with Crippen molar-refractivity contribution < 1.29 is 19.4 Å². The van der Waals surface area contributed by atoms with Gasteiger partial charge in [0.2, 0.25) is 0 Å². The molecule has 0 fully saturated rings. The largest absolute Gasteiger partial charge is 0.481 e. The number of carbonyl (C=O) groups excluding carboxylic acids is 1. The lowest BCUT2D eigenvalue weighted by atomic mass is 9.71. The van der Waals surface area contributed by atoms with Gasteiger partial charge in [-0.15, -0.1) is 0 Å². The first kappa shape index (κ1) is 39.9. The molecule has 0 saturated carbocycles. The van der Waals surface area contributed by atoms with Crippen LogP contribution in [0.2, 0.25) is 0 Å². The van der Waals surface area contributed by atoms with Crippen molar-refractivity contribution in [1.82, 2.24) is 0 Å². The molecule has 0 amide bonds. The van der Waals surface area contributed by atoms with E-state index in [1.165, 1.54) is 58.5 Å². The molecular formula is C38H66O4. The summed E-state index contributed by atoms with van der Waals surface area (Å²) in [4.78, 5) is 25.0. The van der Waals surface area contributed by atoms with E-state index in [9.17, 15) is 14.7 Å². The van der Waals surface area contributed by atoms with Gasteiger partial charge in [0.25, 0.3) is 0 Å². The van der Waals surface area contributed by atoms with Crippen LogP contribution >= 0.6 is 0 Å². The monoisotopic (exact) mass is 586 g/mol. The van der Waals surface area contributed by atoms with Crippen molar-refractivity contribution in [1.29, 1.82) is 0 Å². The third kappa shape index (κ3) is 21.6. The zero-order valence-corrected chi connectivity index (χ0v) is 27.9. The summed E-state index contributed by atoms with van der Waals surface area (Å²) < 4.78 is 5.07. The van der Waals surface area contributed by atoms with Crippen LogP contribution in [0.1, 0.15) is 162 Å². The summed E-state index contributed by atoms with van der Waals surface area (Å²) >= 11 is 0. The summed E-state index contributed by atoms with van der Waals surface area (Å²) in [7, 11) is 1.38. The number of methoxy groups -OCH3 is 1. The van der Waals surface area contributed by atoms with Gasteiger partial charge in [0, 0.05) is 0 Å². The van der Waals surface area contributed by atoms with E-state index in [0.29, 0.717) is 12.8 Å². The van der Waals surface area contributed by atoms with E-state index in [1.54, 1.807) is 6.92 Å². The van der Waals surface area contributed by atoms with Crippen molar-refractivity contribution in [3.63, 3.8) is 0 Å². The van der Waals surface area contributed by atoms with E-state index in [4.69, 9.17) is 4.74 Å². The van der Waals surface area contributed by atoms with Crippen molar-refractivity contribution in [3.05, 3.63) is 48.6 Å². The molecule has 0 heterocycles. The highest BCUT2D eigenvalue weighted by Gasteiger charge is 2.45. The molecule has 0 saturated heterocycles. The summed E-state index contributed by atoms with van der Waals surface area (Å²) in [6.45, 7) is 6.21. The summed E-state index contributed by atoms with van der Waals surface area (Å²) in [5.74, 6) is -1.86. The number of hydrogen-bond donors (Lipinski definition) is 1. The second-order valence-corrected chi connectivity index (χ2v) is 12.1. The zero-order chi connectivity index (χ0) is 31.2. The molecule has 4 heteroatoms. The number of ether oxygens (including phenoxy) is 1. The van der Waals surface area contributed by atoms with Crippen LogP contribution in [-0.2, 0) is 14.3 Å². The average molecular weight is 587 g/mol. The molecule has 4 nitrogen and oxygen atoms in total. The summed E-state index contributed by atoms with van der Waals surface area (Å²) in [6, 6.07) is 0. The first-order valence-corrected chi connectivity index (χ1v) is 17.3. The maximum atomic E-state index is 12.7. The smallest absolute Gasteiger partial charge is 0.310 e. The zero-order valence-electron chi connectivity index (χ0n) is 27.9. The average Bonchev–Trinajstić information content (AvgIpc) is 2.98. The van der Waals surface area contributed by atoms with Gasteiger partial charge in [-0.25, -0.2) is 0 Å². The van der Waals surface area contributed by atoms with E-state index in [0.717, 1.165) is 77.0 Å². The standard InChI is InChI=1S/C38H66O4/c1-5-7-9-11-13-15-17-19-21-23-25-27-29-31-33-35(36(39)42-4)38(3,37(40)41)34-32-30-28-26-24-22-20-18-16-14-12-10-8-6-2/h13-16,19-22,35H,5-12,17-18,23-34H2,1-4H3,(H,40,41)/b15-13-,16-14-,21-19-,22-20-. The number of allylic oxidation sites excluding steroid dienone is 8. The molecule has 0 rings (SSSR count). The Morgan fingerprint density at radius 1 is 0.619 bits per heavy atom. The minimum Gasteiger partial charge on any atom is -0.481 e. The minimum atomic E-state index is -1.08. The van der Waals surface area contributed by atoms with Crippen molar-refractivity contribution in [2.24, 2.45) is 11.3 Å². The lowest BCUT2D eigenvalue weighted by molar-refractivity contribution is -0.164. The SMILES string of the molecule is CCCCC/C=C\C/C=C\CCCCCCC(C(=O)OC)C(C)(CCCCCC/C=C\C/C=C\CCCCC)C(=O)O. The van der Waals surface area contributed by atoms with E-state index >= 15 is 0 Å². The highest BCUT2D eigenvalue weighted by Crippen LogP contribution is 2.38. The van der Waals surface area contributed by atoms with Crippen LogP contribution in [0.4, 0.5) is 0 Å². The van der Waals surface area contributed by atoms with Crippen LogP contribution in [0.15, 0.2) is 48.6 Å². The van der Waals surface area contributed by atoms with Gasteiger partial charge in [-0.3, -0.25) is 9.59 Å². The molecule has 0 aromatic rings. The van der Waals surface area contributed by atoms with Crippen molar-refractivity contribution >= 4 is 11.9 Å². The normalized spacial score (nSPS) is 14.4. The highest BCUT2D eigenvalue weighted by molar-refractivity contribution is 5.84. The number of carbonyl (C=O) groups is 2. The van der Waals surface area contributed by atoms with Gasteiger partial charge in [-0.05, 0) is 84.0 Å². The van der Waals surface area contributed by atoms with Gasteiger partial charge < -0.3 is 9.84 Å². The van der Waals surface area contributed by atoms with E-state index in [-0.39, 0.29) is 5.97 Å². The van der Waals surface area contributed by atoms with E-state index < -0.39 is 17.3 Å². The number of carboxylic acids is 1. The Morgan fingerprint density at radius 2 is 1.02 bits per heavy atom. The molecule has 0 spiro atoms. The van der Waals surface area contributed by atoms with Crippen molar-refractivity contribution in [2.45, 2.75) is 162 Å². The Hall–Kier alpha value is -2.10. The molecule has 2 unspecified atom stereocenters. The van der Waals surface area contributed by atoms with Crippen LogP contribution in [0.5, 0.6) is 0 Å². The molecule has 0 aromatic carbocycles. The summed E-state index contributed by atoms with van der Waals surface area (Å²) in [5, 5.41) is 10.1. The third-order valence-electron chi connectivity index (χ3n) is 8.33. The summed E-state index contributed by atoms with van der Waals surface area (Å²) in [5.41, 5.74) is -1.08. The molecule has 2 atom stereocenters. The van der Waals surface area contributed by atoms with Crippen LogP contribution in [0, 0.1) is 11.3 Å². The Labute approximate surface area is 260 Å². The second-order valence-electron chi connectivity index (χ2n) is 12.1. The van der Waals surface area contributed by atoms with E-state index in [2.05, 4.69) is 62.5 Å². The third-order valence-corrected chi connectivity index (χ3v) is 8.33. The molecule has 42 heavy (non-hydrogen) atoms. The highest BCUT2D eigenvalue weighted by atomic mass is 16.5. The van der Waals surface area contributed by atoms with Gasteiger partial charge in [0.1, 0.15) is 0 Å². The van der Waals surface area contributed by atoms with Gasteiger partial charge in [0.05, 0.1) is 18.4 Å². The minimum absolute atomic E-state index is 0.380. The molecule has 0 radical (unpaired) electrons. The topological polar surface area (TPSA) is 63.6 Å². The number of unbranched alkanes of at least 4 members (excludes halogenated alkanes) is 14. The number of rotatable bonds is 29. The van der Waals surface area contributed by atoms with Gasteiger partial charge in [-0.2, -0.15) is 0 Å². The fourth-order valence-corrected chi connectivity index (χ4v) is 5.38. The Morgan fingerprint density at radius 3 is 1.43 bits per heavy atom. The first-order valence-electron chi connectivity index (χ1n) is 17.3. The van der Waals surface area contributed by atoms with Gasteiger partial charge in [0.15, 0.2) is 0 Å². The molecule has 0 aromatic heterocycles. The summed E-state index contributed by atoms with van der Waals surface area (Å²) in [6.07, 6.45) is 41.5. The quantitative estimate of drug-likeness (QED) is 0.0538. The lowest BCUT2D eigenvalue weighted by Crippen LogP contribution is -2.41. The fourth-order valence-electron chi connectivity index (χ4n) is 5.38. The maximum Gasteiger partial charge on any atom is 0.310 e. The van der Waals surface area contributed by atoms with Crippen LogP contribution in [0.25, 0.3) is 0 Å². The van der Waals surface area contributed by atoms with Crippen LogP contribution < -0.4 is 0 Å². The van der Waals surface area contributed by atoms with Crippen molar-refractivity contribution in [2.75, 3.05) is 7.11 Å². The molecule has 242 valence electrons. The molecular weight excluding hydrogens is 520 g/mol. The van der Waals surface area contributed by atoms with Crippen LogP contribution in [0.3, 0.4) is 0 Å². The molecule has 0 aliphatic heterocycles. The second kappa shape index (κ2) is 29.0. The lowest BCUT2D eigenvalue weighted by Gasteiger charge is -2.32. The Balaban J connectivity index is 4.31. The molecule has 0 aliphatic carbocycles. The number of hydrogen-bond acceptors (Lipinski definition) is 3.